The molecule has 0 bridgehead atoms. The molecule has 2 aliphatic rings. The van der Waals surface area contributed by atoms with E-state index in [9.17, 15) is 4.39 Å². The minimum absolute atomic E-state index is 0.123. The van der Waals surface area contributed by atoms with Gasteiger partial charge >= 0.3 is 0 Å². The second kappa shape index (κ2) is 7.92. The van der Waals surface area contributed by atoms with E-state index in [2.05, 4.69) is 16.3 Å². The summed E-state index contributed by atoms with van der Waals surface area (Å²) in [5, 5.41) is 3.43. The summed E-state index contributed by atoms with van der Waals surface area (Å²) >= 11 is 0. The largest absolute Gasteiger partial charge is 0.385 e. The summed E-state index contributed by atoms with van der Waals surface area (Å²) in [5.41, 5.74) is 8.54. The van der Waals surface area contributed by atoms with Crippen LogP contribution in [-0.4, -0.2) is 37.9 Å². The van der Waals surface area contributed by atoms with E-state index in [1.807, 2.05) is 20.8 Å². The number of halogens is 1. The van der Waals surface area contributed by atoms with Crippen LogP contribution in [0.15, 0.2) is 12.1 Å². The molecular formula is C20H32FN3O. The number of aryl methyl sites for hydroxylation is 1. The topological polar surface area (TPSA) is 50.5 Å². The van der Waals surface area contributed by atoms with Crippen LogP contribution in [-0.2, 0) is 4.74 Å². The van der Waals surface area contributed by atoms with Crippen LogP contribution >= 0.6 is 0 Å². The van der Waals surface area contributed by atoms with Gasteiger partial charge in [-0.2, -0.15) is 0 Å². The van der Waals surface area contributed by atoms with E-state index in [-0.39, 0.29) is 18.0 Å². The normalized spacial score (nSPS) is 30.4. The van der Waals surface area contributed by atoms with Crippen LogP contribution in [0.5, 0.6) is 0 Å². The van der Waals surface area contributed by atoms with Gasteiger partial charge in [-0.05, 0) is 70.1 Å². The Balaban J connectivity index is 1.65. The van der Waals surface area contributed by atoms with E-state index in [1.165, 1.54) is 0 Å². The SMILES string of the molecule is Cc1cc(NCC2CCC(N)CC2)cc(F)c1N1C[C@@H](C)O[C@H](C)C1. The molecular weight excluding hydrogens is 317 g/mol. The van der Waals surface area contributed by atoms with E-state index in [1.54, 1.807) is 6.07 Å². The Hall–Kier alpha value is -1.33. The lowest BCUT2D eigenvalue weighted by atomic mass is 9.86. The smallest absolute Gasteiger partial charge is 0.148 e. The van der Waals surface area contributed by atoms with E-state index in [0.29, 0.717) is 12.0 Å². The van der Waals surface area contributed by atoms with Gasteiger partial charge in [0.1, 0.15) is 5.82 Å². The van der Waals surface area contributed by atoms with Crippen molar-refractivity contribution in [1.82, 2.24) is 0 Å². The highest BCUT2D eigenvalue weighted by atomic mass is 19.1. The fourth-order valence-electron chi connectivity index (χ4n) is 4.25. The highest BCUT2D eigenvalue weighted by Gasteiger charge is 2.26. The van der Waals surface area contributed by atoms with Crippen molar-refractivity contribution in [3.63, 3.8) is 0 Å². The minimum Gasteiger partial charge on any atom is -0.385 e. The van der Waals surface area contributed by atoms with Crippen molar-refractivity contribution in [2.24, 2.45) is 11.7 Å². The molecule has 1 saturated heterocycles. The molecule has 1 aliphatic heterocycles. The number of nitrogens with one attached hydrogen (secondary N) is 1. The first-order valence-corrected chi connectivity index (χ1v) is 9.62. The van der Waals surface area contributed by atoms with Crippen molar-refractivity contribution >= 4 is 11.4 Å². The third kappa shape index (κ3) is 4.64. The van der Waals surface area contributed by atoms with Gasteiger partial charge in [0.2, 0.25) is 0 Å². The maximum absolute atomic E-state index is 14.8. The molecule has 0 aromatic heterocycles. The van der Waals surface area contributed by atoms with Crippen LogP contribution in [0.2, 0.25) is 0 Å². The average Bonchev–Trinajstić information content (AvgIpc) is 2.53. The fourth-order valence-corrected chi connectivity index (χ4v) is 4.25. The van der Waals surface area contributed by atoms with Crippen LogP contribution in [0, 0.1) is 18.7 Å². The highest BCUT2D eigenvalue weighted by molar-refractivity contribution is 5.62. The number of nitrogens with two attached hydrogens (primary N) is 1. The molecule has 0 spiro atoms. The van der Waals surface area contributed by atoms with Crippen LogP contribution in [0.1, 0.15) is 45.1 Å². The molecule has 0 radical (unpaired) electrons. The van der Waals surface area contributed by atoms with Crippen LogP contribution < -0.4 is 16.0 Å². The van der Waals surface area contributed by atoms with Gasteiger partial charge in [0.15, 0.2) is 0 Å². The van der Waals surface area contributed by atoms with Crippen molar-refractivity contribution in [2.45, 2.75) is 64.7 Å². The molecule has 1 saturated carbocycles. The van der Waals surface area contributed by atoms with Gasteiger partial charge < -0.3 is 20.7 Å². The maximum Gasteiger partial charge on any atom is 0.148 e. The second-order valence-electron chi connectivity index (χ2n) is 7.95. The zero-order chi connectivity index (χ0) is 18.0. The molecule has 3 rings (SSSR count). The van der Waals surface area contributed by atoms with Crippen LogP contribution in [0.25, 0.3) is 0 Å². The zero-order valence-corrected chi connectivity index (χ0v) is 15.7. The van der Waals surface area contributed by atoms with E-state index in [4.69, 9.17) is 10.5 Å². The predicted molar refractivity (Wildman–Crippen MR) is 102 cm³/mol. The number of morpholine rings is 1. The lowest BCUT2D eigenvalue weighted by Crippen LogP contribution is -2.46. The Kier molecular flexibility index (Phi) is 5.85. The van der Waals surface area contributed by atoms with E-state index >= 15 is 0 Å². The molecule has 4 nitrogen and oxygen atoms in total. The molecule has 1 heterocycles. The zero-order valence-electron chi connectivity index (χ0n) is 15.7. The second-order valence-corrected chi connectivity index (χ2v) is 7.95. The first-order valence-electron chi connectivity index (χ1n) is 9.62. The van der Waals surface area contributed by atoms with Crippen molar-refractivity contribution in [2.75, 3.05) is 29.9 Å². The van der Waals surface area contributed by atoms with Crippen LogP contribution in [0.3, 0.4) is 0 Å². The van der Waals surface area contributed by atoms with Gasteiger partial charge in [-0.3, -0.25) is 0 Å². The molecule has 140 valence electrons. The number of ether oxygens (including phenoxy) is 1. The molecule has 2 atom stereocenters. The summed E-state index contributed by atoms with van der Waals surface area (Å²) in [6.07, 6.45) is 4.78. The van der Waals surface area contributed by atoms with Gasteiger partial charge in [-0.25, -0.2) is 4.39 Å². The predicted octanol–water partition coefficient (Wildman–Crippen LogP) is 3.68. The van der Waals surface area contributed by atoms with Crippen molar-refractivity contribution in [1.29, 1.82) is 0 Å². The van der Waals surface area contributed by atoms with Gasteiger partial charge in [-0.15, -0.1) is 0 Å². The van der Waals surface area contributed by atoms with E-state index < -0.39 is 0 Å². The van der Waals surface area contributed by atoms with Gasteiger partial charge in [0.25, 0.3) is 0 Å². The number of hydrogen-bond acceptors (Lipinski definition) is 4. The quantitative estimate of drug-likeness (QED) is 0.871. The van der Waals surface area contributed by atoms with Crippen molar-refractivity contribution in [3.05, 3.63) is 23.5 Å². The maximum atomic E-state index is 14.8. The molecule has 25 heavy (non-hydrogen) atoms. The molecule has 1 aromatic rings. The Bertz CT molecular complexity index is 553. The standard InChI is InChI=1S/C20H32FN3O/c1-13-8-18(23-10-16-4-6-17(22)7-5-16)9-19(21)20(13)24-11-14(2)25-15(3)12-24/h8-9,14-17,23H,4-7,10-12,22H2,1-3H3/t14-,15-,16?,17?/m1/s1. The Morgan fingerprint density at radius 1 is 1.16 bits per heavy atom. The molecule has 1 aliphatic carbocycles. The average molecular weight is 349 g/mol. The summed E-state index contributed by atoms with van der Waals surface area (Å²) in [5.74, 6) is 0.498. The number of nitrogens with zero attached hydrogens (tertiary/aromatic N) is 1. The number of hydrogen-bond donors (Lipinski definition) is 2. The molecule has 1 aromatic carbocycles. The molecule has 2 fully saturated rings. The van der Waals surface area contributed by atoms with Crippen LogP contribution in [0.4, 0.5) is 15.8 Å². The number of rotatable bonds is 4. The summed E-state index contributed by atoms with van der Waals surface area (Å²) in [6, 6.07) is 4.08. The molecule has 5 heteroatoms. The first-order chi connectivity index (χ1) is 11.9. The Morgan fingerprint density at radius 3 is 2.40 bits per heavy atom. The monoisotopic (exact) mass is 349 g/mol. The van der Waals surface area contributed by atoms with Gasteiger partial charge in [0, 0.05) is 31.4 Å². The lowest BCUT2D eigenvalue weighted by Gasteiger charge is -2.37. The molecule has 0 amide bonds. The summed E-state index contributed by atoms with van der Waals surface area (Å²) in [4.78, 5) is 2.12. The van der Waals surface area contributed by atoms with Gasteiger partial charge in [0.05, 0.1) is 17.9 Å². The van der Waals surface area contributed by atoms with E-state index in [0.717, 1.165) is 62.3 Å². The fraction of sp³-hybridized carbons (Fsp3) is 0.700. The molecule has 0 unspecified atom stereocenters. The minimum atomic E-state index is -0.144. The van der Waals surface area contributed by atoms with Crippen molar-refractivity contribution < 1.29 is 9.13 Å². The van der Waals surface area contributed by atoms with Gasteiger partial charge in [-0.1, -0.05) is 0 Å². The third-order valence-corrected chi connectivity index (χ3v) is 5.48. The lowest BCUT2D eigenvalue weighted by molar-refractivity contribution is -0.00542. The first kappa shape index (κ1) is 18.5. The Labute approximate surface area is 150 Å². The Morgan fingerprint density at radius 2 is 1.80 bits per heavy atom. The highest BCUT2D eigenvalue weighted by Crippen LogP contribution is 2.31. The summed E-state index contributed by atoms with van der Waals surface area (Å²) in [7, 11) is 0. The van der Waals surface area contributed by atoms with Crippen molar-refractivity contribution in [3.8, 4) is 0 Å². The summed E-state index contributed by atoms with van der Waals surface area (Å²) in [6.45, 7) is 8.45. The molecule has 3 N–H and O–H groups in total. The third-order valence-electron chi connectivity index (χ3n) is 5.48. The summed E-state index contributed by atoms with van der Waals surface area (Å²) < 4.78 is 20.6. The number of anilines is 2. The number of benzene rings is 1.